The number of fused-ring (bicyclic) bond motifs is 1. The number of Topliss-reactive ketones (excluding diaryl/α,β-unsaturated/α-hetero) is 1. The van der Waals surface area contributed by atoms with Crippen molar-refractivity contribution in [3.63, 3.8) is 0 Å². The Balaban J connectivity index is 1.60. The van der Waals surface area contributed by atoms with Gasteiger partial charge in [0, 0.05) is 26.6 Å². The van der Waals surface area contributed by atoms with Crippen molar-refractivity contribution in [1.29, 1.82) is 0 Å². The molecule has 0 spiro atoms. The topological polar surface area (TPSA) is 127 Å². The number of carbonyl (C=O) groups excluding carboxylic acids is 2. The molecule has 0 bridgehead atoms. The van der Waals surface area contributed by atoms with Gasteiger partial charge in [-0.05, 0) is 42.8 Å². The molecule has 4 aromatic rings. The Labute approximate surface area is 223 Å². The van der Waals surface area contributed by atoms with E-state index in [2.05, 4.69) is 10.3 Å². The Bertz CT molecular complexity index is 1470. The number of nitrogens with one attached hydrogen (secondary N) is 1. The zero-order valence-electron chi connectivity index (χ0n) is 21.2. The third-order valence-corrected chi connectivity index (χ3v) is 7.09. The van der Waals surface area contributed by atoms with Crippen LogP contribution >= 0.6 is 11.3 Å². The van der Waals surface area contributed by atoms with Crippen LogP contribution in [0, 0.1) is 6.92 Å². The number of hydrogen-bond acceptors (Lipinski definition) is 9. The van der Waals surface area contributed by atoms with Crippen LogP contribution in [0.4, 0.5) is 0 Å². The third-order valence-electron chi connectivity index (χ3n) is 5.96. The number of benzene rings is 2. The van der Waals surface area contributed by atoms with Gasteiger partial charge in [-0.25, -0.2) is 4.98 Å². The highest BCUT2D eigenvalue weighted by atomic mass is 32.1. The van der Waals surface area contributed by atoms with Gasteiger partial charge in [-0.1, -0.05) is 18.2 Å². The molecule has 0 unspecified atom stereocenters. The summed E-state index contributed by atoms with van der Waals surface area (Å²) in [5, 5.41) is 24.5. The first-order chi connectivity index (χ1) is 18.4. The largest absolute Gasteiger partial charge is 0.494 e. The Morgan fingerprint density at radius 1 is 1.03 bits per heavy atom. The molecule has 2 heterocycles. The number of aliphatic hydroxyl groups is 2. The minimum absolute atomic E-state index is 0.0701. The number of rotatable bonds is 11. The lowest BCUT2D eigenvalue weighted by Gasteiger charge is -2.17. The maximum absolute atomic E-state index is 13.3. The van der Waals surface area contributed by atoms with Crippen LogP contribution in [-0.2, 0) is 0 Å². The summed E-state index contributed by atoms with van der Waals surface area (Å²) in [7, 11) is 2.96. The molecule has 3 N–H and O–H groups in total. The summed E-state index contributed by atoms with van der Waals surface area (Å²) in [6, 6.07) is 12.4. The van der Waals surface area contributed by atoms with Crippen molar-refractivity contribution < 1.29 is 34.0 Å². The Hall–Kier alpha value is -3.99. The number of methoxy groups -OCH3 is 2. The molecule has 1 amide bonds. The summed E-state index contributed by atoms with van der Waals surface area (Å²) in [5.41, 5.74) is 2.75. The van der Waals surface area contributed by atoms with Gasteiger partial charge in [0.2, 0.25) is 5.78 Å². The number of aromatic nitrogens is 1. The highest BCUT2D eigenvalue weighted by molar-refractivity contribution is 7.18. The zero-order valence-corrected chi connectivity index (χ0v) is 22.0. The third kappa shape index (κ3) is 5.47. The van der Waals surface area contributed by atoms with Crippen LogP contribution < -0.4 is 19.5 Å². The lowest BCUT2D eigenvalue weighted by atomic mass is 10.0. The molecule has 198 valence electrons. The molecule has 0 saturated carbocycles. The number of aryl methyl sites for hydroxylation is 1. The van der Waals surface area contributed by atoms with Crippen molar-refractivity contribution >= 4 is 33.1 Å². The second-order valence-electron chi connectivity index (χ2n) is 8.36. The van der Waals surface area contributed by atoms with Crippen molar-refractivity contribution in [3.8, 4) is 28.5 Å². The number of carbonyl (C=O) groups is 2. The molecular formula is C28H28N2O7S. The van der Waals surface area contributed by atoms with Crippen molar-refractivity contribution in [2.24, 2.45) is 0 Å². The van der Waals surface area contributed by atoms with Gasteiger partial charge in [0.1, 0.15) is 29.8 Å². The molecule has 0 radical (unpaired) electrons. The number of aliphatic hydroxyl groups excluding tert-OH is 2. The van der Waals surface area contributed by atoms with Crippen LogP contribution in [0.3, 0.4) is 0 Å². The van der Waals surface area contributed by atoms with Gasteiger partial charge < -0.3 is 29.7 Å². The normalized spacial score (nSPS) is 11.7. The van der Waals surface area contributed by atoms with Gasteiger partial charge in [-0.2, -0.15) is 0 Å². The minimum Gasteiger partial charge on any atom is -0.494 e. The lowest BCUT2D eigenvalue weighted by Crippen LogP contribution is -2.43. The number of pyridine rings is 1. The second-order valence-corrected chi connectivity index (χ2v) is 9.24. The predicted molar refractivity (Wildman–Crippen MR) is 145 cm³/mol. The SMILES string of the molecule is COc1cc(C(=O)N[C@H](CO)C(=O)c2ccc(OC)c(-c3csc4c(C)cccc34)n2)ccc1OCCO. The highest BCUT2D eigenvalue weighted by Gasteiger charge is 2.25. The van der Waals surface area contributed by atoms with Crippen LogP contribution in [0.2, 0.25) is 0 Å². The van der Waals surface area contributed by atoms with E-state index in [-0.39, 0.29) is 30.2 Å². The number of amides is 1. The van der Waals surface area contributed by atoms with E-state index < -0.39 is 24.3 Å². The second kappa shape index (κ2) is 12.0. The summed E-state index contributed by atoms with van der Waals surface area (Å²) < 4.78 is 17.3. The maximum Gasteiger partial charge on any atom is 0.252 e. The first kappa shape index (κ1) is 27.1. The first-order valence-corrected chi connectivity index (χ1v) is 12.7. The van der Waals surface area contributed by atoms with E-state index in [0.29, 0.717) is 17.2 Å². The lowest BCUT2D eigenvalue weighted by molar-refractivity contribution is 0.0810. The van der Waals surface area contributed by atoms with E-state index in [1.807, 2.05) is 30.5 Å². The molecule has 4 rings (SSSR count). The van der Waals surface area contributed by atoms with Crippen LogP contribution in [0.15, 0.2) is 53.9 Å². The number of thiophene rings is 1. The summed E-state index contributed by atoms with van der Waals surface area (Å²) in [5.74, 6) is 0.0207. The van der Waals surface area contributed by atoms with E-state index in [0.717, 1.165) is 21.2 Å². The maximum atomic E-state index is 13.3. The van der Waals surface area contributed by atoms with Gasteiger partial charge in [-0.3, -0.25) is 9.59 Å². The van der Waals surface area contributed by atoms with Gasteiger partial charge in [0.15, 0.2) is 11.5 Å². The molecule has 2 aromatic carbocycles. The summed E-state index contributed by atoms with van der Waals surface area (Å²) >= 11 is 1.58. The summed E-state index contributed by atoms with van der Waals surface area (Å²) in [6.07, 6.45) is 0. The molecule has 0 aliphatic heterocycles. The number of nitrogens with zero attached hydrogens (tertiary/aromatic N) is 1. The monoisotopic (exact) mass is 536 g/mol. The fraction of sp³-hybridized carbons (Fsp3) is 0.250. The fourth-order valence-corrected chi connectivity index (χ4v) is 5.06. The van der Waals surface area contributed by atoms with Crippen LogP contribution in [-0.4, -0.2) is 67.0 Å². The Morgan fingerprint density at radius 2 is 1.79 bits per heavy atom. The Morgan fingerprint density at radius 3 is 2.50 bits per heavy atom. The van der Waals surface area contributed by atoms with Gasteiger partial charge in [0.05, 0.1) is 27.4 Å². The molecule has 0 saturated heterocycles. The van der Waals surface area contributed by atoms with E-state index in [1.54, 1.807) is 17.4 Å². The van der Waals surface area contributed by atoms with E-state index in [1.165, 1.54) is 38.5 Å². The Kier molecular flexibility index (Phi) is 8.57. The highest BCUT2D eigenvalue weighted by Crippen LogP contribution is 2.38. The van der Waals surface area contributed by atoms with Crippen molar-refractivity contribution in [1.82, 2.24) is 10.3 Å². The molecule has 38 heavy (non-hydrogen) atoms. The smallest absolute Gasteiger partial charge is 0.252 e. The summed E-state index contributed by atoms with van der Waals surface area (Å²) in [4.78, 5) is 30.9. The fourth-order valence-electron chi connectivity index (χ4n) is 4.02. The molecule has 0 fully saturated rings. The molecule has 9 nitrogen and oxygen atoms in total. The van der Waals surface area contributed by atoms with Crippen molar-refractivity contribution in [3.05, 3.63) is 70.7 Å². The minimum atomic E-state index is -1.23. The van der Waals surface area contributed by atoms with Crippen LogP contribution in [0.1, 0.15) is 26.4 Å². The van der Waals surface area contributed by atoms with E-state index in [4.69, 9.17) is 19.3 Å². The van der Waals surface area contributed by atoms with E-state index in [9.17, 15) is 14.7 Å². The average molecular weight is 537 g/mol. The molecule has 0 aliphatic carbocycles. The predicted octanol–water partition coefficient (Wildman–Crippen LogP) is 3.63. The molecular weight excluding hydrogens is 508 g/mol. The van der Waals surface area contributed by atoms with Crippen LogP contribution in [0.5, 0.6) is 17.2 Å². The van der Waals surface area contributed by atoms with E-state index >= 15 is 0 Å². The van der Waals surface area contributed by atoms with Crippen molar-refractivity contribution in [2.45, 2.75) is 13.0 Å². The zero-order chi connectivity index (χ0) is 27.2. The molecule has 0 aliphatic rings. The molecule has 10 heteroatoms. The number of hydrogen-bond donors (Lipinski definition) is 3. The van der Waals surface area contributed by atoms with Gasteiger partial charge >= 0.3 is 0 Å². The van der Waals surface area contributed by atoms with Gasteiger partial charge in [-0.15, -0.1) is 11.3 Å². The first-order valence-electron chi connectivity index (χ1n) is 11.8. The average Bonchev–Trinajstić information content (AvgIpc) is 3.39. The number of ether oxygens (including phenoxy) is 3. The standard InChI is InChI=1S/C28H28N2O7S/c1-16-5-4-6-18-19(15-38-27(16)18)25-23(35-2)10-8-20(29-25)26(33)21(14-32)30-28(34)17-7-9-22(37-12-11-31)24(13-17)36-3/h4-10,13,15,21,31-32H,11-12,14H2,1-3H3,(H,30,34)/t21-/m1/s1. The van der Waals surface area contributed by atoms with Crippen LogP contribution in [0.25, 0.3) is 21.3 Å². The molecule has 1 atom stereocenters. The van der Waals surface area contributed by atoms with Crippen molar-refractivity contribution in [2.75, 3.05) is 34.0 Å². The quantitative estimate of drug-likeness (QED) is 0.248. The molecule has 2 aromatic heterocycles. The van der Waals surface area contributed by atoms with Gasteiger partial charge in [0.25, 0.3) is 5.91 Å². The summed E-state index contributed by atoms with van der Waals surface area (Å²) in [6.45, 7) is 1.31. The number of ketones is 1.